The Morgan fingerprint density at radius 1 is 1.22 bits per heavy atom. The fourth-order valence-electron chi connectivity index (χ4n) is 1.55. The molecule has 0 amide bonds. The normalized spacial score (nSPS) is 11.6. The number of rotatable bonds is 6. The molecule has 0 bridgehead atoms. The lowest BCUT2D eigenvalue weighted by atomic mass is 9.92. The summed E-state index contributed by atoms with van der Waals surface area (Å²) in [5.41, 5.74) is 1.57. The maximum Gasteiger partial charge on any atom is 0.123 e. The maximum atomic E-state index is 5.76. The van der Waals surface area contributed by atoms with Crippen LogP contribution in [0, 0.1) is 12.3 Å². The van der Waals surface area contributed by atoms with E-state index in [-0.39, 0.29) is 0 Å². The highest BCUT2D eigenvalue weighted by atomic mass is 79.9. The molecule has 0 radical (unpaired) electrons. The zero-order valence-electron chi connectivity index (χ0n) is 11.8. The van der Waals surface area contributed by atoms with Crippen LogP contribution in [0.25, 0.3) is 0 Å². The van der Waals surface area contributed by atoms with Crippen LogP contribution in [0.4, 0.5) is 0 Å². The first kappa shape index (κ1) is 15.5. The monoisotopic (exact) mass is 313 g/mol. The predicted molar refractivity (Wildman–Crippen MR) is 81.3 cm³/mol. The van der Waals surface area contributed by atoms with Gasteiger partial charge in [-0.15, -0.1) is 0 Å². The average molecular weight is 314 g/mol. The Balaban J connectivity index is 2.20. The summed E-state index contributed by atoms with van der Waals surface area (Å²) in [5, 5.41) is 3.41. The number of aryl methyl sites for hydroxylation is 1. The molecule has 0 aliphatic rings. The van der Waals surface area contributed by atoms with E-state index in [1.54, 1.807) is 0 Å². The van der Waals surface area contributed by atoms with Crippen molar-refractivity contribution in [2.45, 2.75) is 34.1 Å². The summed E-state index contributed by atoms with van der Waals surface area (Å²) in [6.07, 6.45) is 1.18. The van der Waals surface area contributed by atoms with Gasteiger partial charge in [-0.3, -0.25) is 0 Å². The molecule has 1 aromatic rings. The van der Waals surface area contributed by atoms with Gasteiger partial charge >= 0.3 is 0 Å². The lowest BCUT2D eigenvalue weighted by Crippen LogP contribution is -2.25. The van der Waals surface area contributed by atoms with Gasteiger partial charge in [-0.05, 0) is 43.0 Å². The minimum Gasteiger partial charge on any atom is -0.492 e. The first-order valence-electron chi connectivity index (χ1n) is 6.48. The molecule has 0 unspecified atom stereocenters. The van der Waals surface area contributed by atoms with Gasteiger partial charge in [-0.1, -0.05) is 42.8 Å². The zero-order chi connectivity index (χ0) is 13.6. The molecule has 18 heavy (non-hydrogen) atoms. The Morgan fingerprint density at radius 2 is 1.94 bits per heavy atom. The highest BCUT2D eigenvalue weighted by molar-refractivity contribution is 9.10. The van der Waals surface area contributed by atoms with Gasteiger partial charge in [0.05, 0.1) is 0 Å². The Morgan fingerprint density at radius 3 is 2.61 bits per heavy atom. The molecule has 1 rings (SSSR count). The van der Waals surface area contributed by atoms with Crippen LogP contribution in [0.1, 0.15) is 32.8 Å². The van der Waals surface area contributed by atoms with E-state index in [9.17, 15) is 0 Å². The summed E-state index contributed by atoms with van der Waals surface area (Å²) in [6.45, 7) is 11.5. The molecule has 3 heteroatoms. The van der Waals surface area contributed by atoms with Crippen LogP contribution in [0.2, 0.25) is 0 Å². The first-order valence-corrected chi connectivity index (χ1v) is 7.27. The molecule has 0 fully saturated rings. The molecule has 1 aromatic carbocycles. The largest absolute Gasteiger partial charge is 0.492 e. The Kier molecular flexibility index (Phi) is 6.16. The molecule has 0 saturated heterocycles. The molecular weight excluding hydrogens is 290 g/mol. The van der Waals surface area contributed by atoms with E-state index < -0.39 is 0 Å². The van der Waals surface area contributed by atoms with Crippen LogP contribution in [-0.4, -0.2) is 19.7 Å². The summed E-state index contributed by atoms with van der Waals surface area (Å²) in [5.74, 6) is 0.960. The molecule has 0 aliphatic carbocycles. The van der Waals surface area contributed by atoms with Crippen molar-refractivity contribution in [2.75, 3.05) is 19.7 Å². The SMILES string of the molecule is Cc1ccc(Br)cc1OCCNCCC(C)(C)C. The van der Waals surface area contributed by atoms with Crippen LogP contribution < -0.4 is 10.1 Å². The second-order valence-electron chi connectivity index (χ2n) is 5.82. The quantitative estimate of drug-likeness (QED) is 0.796. The fourth-order valence-corrected chi connectivity index (χ4v) is 1.89. The molecule has 2 nitrogen and oxygen atoms in total. The van der Waals surface area contributed by atoms with Gasteiger partial charge < -0.3 is 10.1 Å². The summed E-state index contributed by atoms with van der Waals surface area (Å²) < 4.78 is 6.82. The molecule has 0 spiro atoms. The topological polar surface area (TPSA) is 21.3 Å². The van der Waals surface area contributed by atoms with Gasteiger partial charge in [0.25, 0.3) is 0 Å². The molecule has 0 aromatic heterocycles. The van der Waals surface area contributed by atoms with Crippen molar-refractivity contribution < 1.29 is 4.74 Å². The molecule has 0 aliphatic heterocycles. The third-order valence-corrected chi connectivity index (χ3v) is 3.23. The second-order valence-corrected chi connectivity index (χ2v) is 6.73. The van der Waals surface area contributed by atoms with Crippen molar-refractivity contribution in [3.8, 4) is 5.75 Å². The molecule has 0 saturated carbocycles. The van der Waals surface area contributed by atoms with E-state index in [4.69, 9.17) is 4.74 Å². The van der Waals surface area contributed by atoms with E-state index >= 15 is 0 Å². The number of ether oxygens (including phenoxy) is 1. The standard InChI is InChI=1S/C15H24BrNO/c1-12-5-6-13(16)11-14(12)18-10-9-17-8-7-15(2,3)4/h5-6,11,17H,7-10H2,1-4H3. The van der Waals surface area contributed by atoms with Gasteiger partial charge in [0, 0.05) is 11.0 Å². The van der Waals surface area contributed by atoms with Crippen molar-refractivity contribution in [2.24, 2.45) is 5.41 Å². The molecular formula is C15H24BrNO. The summed E-state index contributed by atoms with van der Waals surface area (Å²) in [7, 11) is 0. The van der Waals surface area contributed by atoms with Crippen molar-refractivity contribution in [1.29, 1.82) is 0 Å². The zero-order valence-corrected chi connectivity index (χ0v) is 13.4. The molecule has 1 N–H and O–H groups in total. The van der Waals surface area contributed by atoms with Crippen molar-refractivity contribution in [3.63, 3.8) is 0 Å². The van der Waals surface area contributed by atoms with E-state index in [1.165, 1.54) is 12.0 Å². The highest BCUT2D eigenvalue weighted by Gasteiger charge is 2.08. The number of nitrogens with one attached hydrogen (secondary N) is 1. The average Bonchev–Trinajstić information content (AvgIpc) is 2.26. The van der Waals surface area contributed by atoms with Crippen LogP contribution in [0.15, 0.2) is 22.7 Å². The van der Waals surface area contributed by atoms with Crippen LogP contribution in [0.5, 0.6) is 5.75 Å². The van der Waals surface area contributed by atoms with E-state index in [1.807, 2.05) is 12.1 Å². The van der Waals surface area contributed by atoms with Gasteiger partial charge in [0.2, 0.25) is 0 Å². The van der Waals surface area contributed by atoms with Gasteiger partial charge in [-0.2, -0.15) is 0 Å². The van der Waals surface area contributed by atoms with Gasteiger partial charge in [-0.25, -0.2) is 0 Å². The maximum absolute atomic E-state index is 5.76. The fraction of sp³-hybridized carbons (Fsp3) is 0.600. The number of hydrogen-bond donors (Lipinski definition) is 1. The summed E-state index contributed by atoms with van der Waals surface area (Å²) >= 11 is 3.46. The van der Waals surface area contributed by atoms with Gasteiger partial charge in [0.15, 0.2) is 0 Å². The predicted octanol–water partition coefficient (Wildman–Crippen LogP) is 4.16. The van der Waals surface area contributed by atoms with Crippen LogP contribution in [-0.2, 0) is 0 Å². The van der Waals surface area contributed by atoms with E-state index in [0.717, 1.165) is 23.3 Å². The molecule has 0 atom stereocenters. The second kappa shape index (κ2) is 7.15. The third kappa shape index (κ3) is 6.41. The lowest BCUT2D eigenvalue weighted by molar-refractivity contribution is 0.302. The highest BCUT2D eigenvalue weighted by Crippen LogP contribution is 2.22. The summed E-state index contributed by atoms with van der Waals surface area (Å²) in [4.78, 5) is 0. The van der Waals surface area contributed by atoms with Gasteiger partial charge in [0.1, 0.15) is 12.4 Å². The van der Waals surface area contributed by atoms with E-state index in [0.29, 0.717) is 12.0 Å². The number of halogens is 1. The first-order chi connectivity index (χ1) is 8.38. The molecule has 0 heterocycles. The third-order valence-electron chi connectivity index (χ3n) is 2.74. The minimum atomic E-state index is 0.398. The number of hydrogen-bond acceptors (Lipinski definition) is 2. The van der Waals surface area contributed by atoms with Crippen molar-refractivity contribution >= 4 is 15.9 Å². The minimum absolute atomic E-state index is 0.398. The smallest absolute Gasteiger partial charge is 0.123 e. The number of benzene rings is 1. The van der Waals surface area contributed by atoms with Crippen molar-refractivity contribution in [3.05, 3.63) is 28.2 Å². The Bertz CT molecular complexity index is 371. The Hall–Kier alpha value is -0.540. The van der Waals surface area contributed by atoms with E-state index in [2.05, 4.69) is 55.0 Å². The molecule has 102 valence electrons. The lowest BCUT2D eigenvalue weighted by Gasteiger charge is -2.18. The van der Waals surface area contributed by atoms with Crippen LogP contribution >= 0.6 is 15.9 Å². The van der Waals surface area contributed by atoms with Crippen molar-refractivity contribution in [1.82, 2.24) is 5.32 Å². The summed E-state index contributed by atoms with van der Waals surface area (Å²) in [6, 6.07) is 6.11. The van der Waals surface area contributed by atoms with Crippen LogP contribution in [0.3, 0.4) is 0 Å². The Labute approximate surface area is 119 Å².